The first-order valence-corrected chi connectivity index (χ1v) is 19.1. The van der Waals surface area contributed by atoms with Crippen LogP contribution >= 0.6 is 11.3 Å². The molecule has 2 amide bonds. The lowest BCUT2D eigenvalue weighted by Crippen LogP contribution is -2.34. The number of pyridine rings is 3. The molecule has 13 heteroatoms. The highest BCUT2D eigenvalue weighted by Gasteiger charge is 2.31. The molecule has 10 nitrogen and oxygen atoms in total. The molecule has 278 valence electrons. The van der Waals surface area contributed by atoms with E-state index in [0.717, 1.165) is 60.7 Å². The minimum absolute atomic E-state index is 0.0973. The van der Waals surface area contributed by atoms with Gasteiger partial charge in [0.1, 0.15) is 23.0 Å². The Morgan fingerprint density at radius 2 is 1.73 bits per heavy atom. The van der Waals surface area contributed by atoms with E-state index in [1.54, 1.807) is 34.6 Å². The molecule has 2 fully saturated rings. The Kier molecular flexibility index (Phi) is 10.0. The molecule has 2 aromatic carbocycles. The normalized spacial score (nSPS) is 15.6. The Hall–Kier alpha value is -6.08. The molecule has 1 aliphatic heterocycles. The van der Waals surface area contributed by atoms with E-state index in [9.17, 15) is 18.8 Å². The van der Waals surface area contributed by atoms with Crippen molar-refractivity contribution in [2.24, 2.45) is 5.92 Å². The Morgan fingerprint density at radius 1 is 0.891 bits per heavy atom. The molecule has 0 unspecified atom stereocenters. The maximum atomic E-state index is 15.8. The van der Waals surface area contributed by atoms with E-state index in [2.05, 4.69) is 20.3 Å². The molecular weight excluding hydrogens is 721 g/mol. The second-order valence-electron chi connectivity index (χ2n) is 14.2. The highest BCUT2D eigenvalue weighted by molar-refractivity contribution is 7.07. The Morgan fingerprint density at radius 3 is 2.44 bits per heavy atom. The maximum Gasteiger partial charge on any atom is 0.261 e. The lowest BCUT2D eigenvalue weighted by Gasteiger charge is -2.26. The van der Waals surface area contributed by atoms with Crippen LogP contribution in [0.1, 0.15) is 53.7 Å². The SMILES string of the molecule is Nc1ncc(-c2ccc(C[C@@H]3CCC(=O)N3Cc3cscn3)cc2)cc1-c1ccc(NC(=O)c2cn(CC3CCC3)cc(-c3ccc(F)cn3)c2=O)cc1F. The fraction of sp³-hybridized carbons (Fsp3) is 0.238. The fourth-order valence-corrected chi connectivity index (χ4v) is 7.82. The van der Waals surface area contributed by atoms with Crippen LogP contribution in [0.2, 0.25) is 0 Å². The standard InChI is InChI=1S/C42H37F2N7O3S/c43-29-8-12-38(46-18-29)35-21-50(19-26-2-1-3-26)22-36(40(35)53)42(54)49-30-9-11-33(37(44)16-30)34-15-28(17-47-41(34)45)27-6-4-25(5-7-27)14-32-10-13-39(52)51(32)20-31-23-55-24-48-31/h4-9,11-12,15-18,21-24,26,32H,1-3,10,13-14,19-20H2,(H2,45,47)(H,49,54)/t32-/m0/s1. The summed E-state index contributed by atoms with van der Waals surface area (Å²) in [7, 11) is 0. The number of amides is 2. The number of anilines is 2. The summed E-state index contributed by atoms with van der Waals surface area (Å²) < 4.78 is 31.2. The second-order valence-corrected chi connectivity index (χ2v) is 14.9. The first-order valence-electron chi connectivity index (χ1n) is 18.2. The largest absolute Gasteiger partial charge is 0.383 e. The molecule has 3 N–H and O–H groups in total. The molecule has 4 aromatic heterocycles. The summed E-state index contributed by atoms with van der Waals surface area (Å²) in [5.74, 6) is -1.18. The quantitative estimate of drug-likeness (QED) is 0.138. The van der Waals surface area contributed by atoms with Crippen molar-refractivity contribution in [3.63, 3.8) is 0 Å². The monoisotopic (exact) mass is 757 g/mol. The van der Waals surface area contributed by atoms with Crippen molar-refractivity contribution < 1.29 is 18.4 Å². The van der Waals surface area contributed by atoms with E-state index in [-0.39, 0.29) is 45.8 Å². The highest BCUT2D eigenvalue weighted by atomic mass is 32.1. The Bertz CT molecular complexity index is 2430. The predicted molar refractivity (Wildman–Crippen MR) is 208 cm³/mol. The van der Waals surface area contributed by atoms with Crippen molar-refractivity contribution in [2.75, 3.05) is 11.1 Å². The second kappa shape index (κ2) is 15.3. The molecule has 6 aromatic rings. The molecule has 1 aliphatic carbocycles. The zero-order chi connectivity index (χ0) is 38.1. The molecule has 55 heavy (non-hydrogen) atoms. The van der Waals surface area contributed by atoms with Gasteiger partial charge in [-0.3, -0.25) is 19.4 Å². The number of aromatic nitrogens is 4. The summed E-state index contributed by atoms with van der Waals surface area (Å²) in [5.41, 5.74) is 12.1. The molecule has 0 bridgehead atoms. The third kappa shape index (κ3) is 7.79. The number of rotatable bonds is 11. The van der Waals surface area contributed by atoms with Crippen LogP contribution in [0.5, 0.6) is 0 Å². The van der Waals surface area contributed by atoms with E-state index in [4.69, 9.17) is 5.73 Å². The molecule has 1 saturated carbocycles. The lowest BCUT2D eigenvalue weighted by atomic mass is 9.85. The summed E-state index contributed by atoms with van der Waals surface area (Å²) >= 11 is 1.52. The van der Waals surface area contributed by atoms with Crippen molar-refractivity contribution in [3.8, 4) is 33.5 Å². The van der Waals surface area contributed by atoms with Gasteiger partial charge in [0.25, 0.3) is 5.91 Å². The van der Waals surface area contributed by atoms with Gasteiger partial charge in [0.15, 0.2) is 0 Å². The zero-order valence-electron chi connectivity index (χ0n) is 29.8. The van der Waals surface area contributed by atoms with Crippen molar-refractivity contribution in [1.82, 2.24) is 24.4 Å². The Labute approximate surface area is 319 Å². The topological polar surface area (TPSA) is 136 Å². The average Bonchev–Trinajstić information content (AvgIpc) is 3.81. The number of carbonyl (C=O) groups excluding carboxylic acids is 2. The Balaban J connectivity index is 0.992. The van der Waals surface area contributed by atoms with Crippen LogP contribution in [0.25, 0.3) is 33.5 Å². The van der Waals surface area contributed by atoms with Gasteiger partial charge in [-0.2, -0.15) is 0 Å². The van der Waals surface area contributed by atoms with Crippen LogP contribution in [-0.2, 0) is 24.3 Å². The summed E-state index contributed by atoms with van der Waals surface area (Å²) in [6.07, 6.45) is 11.1. The summed E-state index contributed by atoms with van der Waals surface area (Å²) in [5, 5.41) is 4.64. The van der Waals surface area contributed by atoms with Crippen LogP contribution in [0.3, 0.4) is 0 Å². The molecule has 1 saturated heterocycles. The molecule has 1 atom stereocenters. The number of halogens is 2. The van der Waals surface area contributed by atoms with E-state index in [1.165, 1.54) is 41.8 Å². The number of benzene rings is 2. The molecule has 0 radical (unpaired) electrons. The minimum atomic E-state index is -0.707. The van der Waals surface area contributed by atoms with Crippen LogP contribution < -0.4 is 16.5 Å². The van der Waals surface area contributed by atoms with Gasteiger partial charge in [-0.25, -0.2) is 18.7 Å². The lowest BCUT2D eigenvalue weighted by molar-refractivity contribution is -0.129. The molecule has 2 aliphatic rings. The molecule has 5 heterocycles. The van der Waals surface area contributed by atoms with Crippen molar-refractivity contribution in [1.29, 1.82) is 0 Å². The number of nitrogens with two attached hydrogens (primary N) is 1. The van der Waals surface area contributed by atoms with Crippen LogP contribution in [0.4, 0.5) is 20.3 Å². The third-order valence-corrected chi connectivity index (χ3v) is 11.1. The number of carbonyl (C=O) groups is 2. The number of nitrogens with zero attached hydrogens (tertiary/aromatic N) is 5. The van der Waals surface area contributed by atoms with Gasteiger partial charge in [-0.15, -0.1) is 11.3 Å². The fourth-order valence-electron chi connectivity index (χ4n) is 7.27. The van der Waals surface area contributed by atoms with Gasteiger partial charge in [-0.1, -0.05) is 30.7 Å². The van der Waals surface area contributed by atoms with Gasteiger partial charge in [-0.05, 0) is 79.1 Å². The van der Waals surface area contributed by atoms with E-state index in [1.807, 2.05) is 34.5 Å². The van der Waals surface area contributed by atoms with Crippen molar-refractivity contribution in [3.05, 3.63) is 135 Å². The molecule has 8 rings (SSSR count). The highest BCUT2D eigenvalue weighted by Crippen LogP contribution is 2.34. The summed E-state index contributed by atoms with van der Waals surface area (Å²) in [4.78, 5) is 54.4. The number of hydrogen-bond acceptors (Lipinski definition) is 8. The summed E-state index contributed by atoms with van der Waals surface area (Å²) in [6.45, 7) is 1.13. The van der Waals surface area contributed by atoms with Gasteiger partial charge < -0.3 is 20.5 Å². The number of nitrogens with one attached hydrogen (secondary N) is 1. The van der Waals surface area contributed by atoms with Gasteiger partial charge in [0.2, 0.25) is 11.3 Å². The zero-order valence-corrected chi connectivity index (χ0v) is 30.6. The van der Waals surface area contributed by atoms with Crippen molar-refractivity contribution >= 4 is 34.7 Å². The first kappa shape index (κ1) is 35.9. The molecular formula is C42H37F2N7O3S. The average molecular weight is 758 g/mol. The molecule has 0 spiro atoms. The summed E-state index contributed by atoms with van der Waals surface area (Å²) in [6, 6.07) is 16.7. The van der Waals surface area contributed by atoms with Crippen LogP contribution in [0, 0.1) is 17.6 Å². The van der Waals surface area contributed by atoms with Crippen molar-refractivity contribution in [2.45, 2.75) is 57.7 Å². The predicted octanol–water partition coefficient (Wildman–Crippen LogP) is 7.74. The van der Waals surface area contributed by atoms with E-state index < -0.39 is 23.0 Å². The first-order chi connectivity index (χ1) is 26.7. The van der Waals surface area contributed by atoms with Gasteiger partial charge in [0.05, 0.1) is 35.2 Å². The number of thiazole rings is 1. The van der Waals surface area contributed by atoms with Gasteiger partial charge >= 0.3 is 0 Å². The van der Waals surface area contributed by atoms with Crippen LogP contribution in [-0.4, -0.2) is 42.3 Å². The number of hydrogen-bond donors (Lipinski definition) is 2. The van der Waals surface area contributed by atoms with E-state index in [0.29, 0.717) is 31.0 Å². The smallest absolute Gasteiger partial charge is 0.261 e. The van der Waals surface area contributed by atoms with Gasteiger partial charge in [0, 0.05) is 65.4 Å². The number of likely N-dealkylation sites (tertiary alicyclic amines) is 1. The van der Waals surface area contributed by atoms with Crippen LogP contribution in [0.15, 0.2) is 101 Å². The minimum Gasteiger partial charge on any atom is -0.383 e. The number of nitrogen functional groups attached to an aromatic ring is 1. The maximum absolute atomic E-state index is 15.8. The third-order valence-electron chi connectivity index (χ3n) is 10.5. The van der Waals surface area contributed by atoms with E-state index >= 15 is 4.39 Å².